The summed E-state index contributed by atoms with van der Waals surface area (Å²) in [5, 5.41) is 3.87. The van der Waals surface area contributed by atoms with E-state index in [1.54, 1.807) is 30.3 Å². The molecule has 0 fully saturated rings. The quantitative estimate of drug-likeness (QED) is 0.288. The zero-order valence-corrected chi connectivity index (χ0v) is 16.7. The fourth-order valence-corrected chi connectivity index (χ4v) is 4.29. The highest BCUT2D eigenvalue weighted by molar-refractivity contribution is 9.11. The Morgan fingerprint density at radius 2 is 1.79 bits per heavy atom. The molecule has 3 N–H and O–H groups in total. The third-order valence-electron chi connectivity index (χ3n) is 2.63. The maximum atomic E-state index is 12.3. The van der Waals surface area contributed by atoms with Gasteiger partial charge in [-0.25, -0.2) is 0 Å². The second-order valence-corrected chi connectivity index (χ2v) is 8.09. The summed E-state index contributed by atoms with van der Waals surface area (Å²) < 4.78 is 30.7. The van der Waals surface area contributed by atoms with E-state index in [-0.39, 0.29) is 15.8 Å². The molecule has 0 radical (unpaired) electrons. The van der Waals surface area contributed by atoms with Gasteiger partial charge in [-0.15, -0.1) is 0 Å². The summed E-state index contributed by atoms with van der Waals surface area (Å²) in [5.41, 5.74) is 8.36. The Labute approximate surface area is 161 Å². The SMILES string of the molecule is NC(=S)N/N=C\c1cc(Br)c(OS(=O)(=O)c2ccccc2)c(Br)c1. The second-order valence-electron chi connectivity index (χ2n) is 4.40. The van der Waals surface area contributed by atoms with Gasteiger partial charge in [-0.2, -0.15) is 13.5 Å². The van der Waals surface area contributed by atoms with Crippen molar-refractivity contribution in [2.24, 2.45) is 10.8 Å². The number of hydrazone groups is 1. The van der Waals surface area contributed by atoms with Crippen molar-refractivity contribution in [1.29, 1.82) is 0 Å². The van der Waals surface area contributed by atoms with Gasteiger partial charge in [0.15, 0.2) is 10.9 Å². The maximum absolute atomic E-state index is 12.3. The molecular formula is C14H11Br2N3O3S2. The van der Waals surface area contributed by atoms with Crippen molar-refractivity contribution < 1.29 is 12.6 Å². The molecule has 24 heavy (non-hydrogen) atoms. The molecule has 2 aromatic carbocycles. The molecule has 10 heteroatoms. The fraction of sp³-hybridized carbons (Fsp3) is 0. The van der Waals surface area contributed by atoms with Crippen LogP contribution in [0.25, 0.3) is 0 Å². The van der Waals surface area contributed by atoms with Crippen molar-refractivity contribution >= 4 is 65.5 Å². The van der Waals surface area contributed by atoms with Crippen LogP contribution in [0.2, 0.25) is 0 Å². The maximum Gasteiger partial charge on any atom is 0.339 e. The van der Waals surface area contributed by atoms with Crippen LogP contribution in [0, 0.1) is 0 Å². The smallest absolute Gasteiger partial charge is 0.339 e. The first kappa shape index (κ1) is 18.8. The summed E-state index contributed by atoms with van der Waals surface area (Å²) in [6.45, 7) is 0. The number of benzene rings is 2. The first-order valence-electron chi connectivity index (χ1n) is 6.36. The van der Waals surface area contributed by atoms with Gasteiger partial charge in [-0.1, -0.05) is 18.2 Å². The van der Waals surface area contributed by atoms with E-state index >= 15 is 0 Å². The standard InChI is InChI=1S/C14H11Br2N3O3S2/c15-11-6-9(8-18-19-14(17)23)7-12(16)13(11)22-24(20,21)10-4-2-1-3-5-10/h1-8H,(H3,17,19,23)/b18-8-. The van der Waals surface area contributed by atoms with Crippen molar-refractivity contribution in [3.63, 3.8) is 0 Å². The highest BCUT2D eigenvalue weighted by atomic mass is 79.9. The number of thiocarbonyl (C=S) groups is 1. The molecule has 0 heterocycles. The predicted octanol–water partition coefficient (Wildman–Crippen LogP) is 3.15. The molecule has 0 aliphatic carbocycles. The molecule has 0 spiro atoms. The molecule has 2 rings (SSSR count). The zero-order chi connectivity index (χ0) is 17.7. The number of rotatable bonds is 5. The Morgan fingerprint density at radius 1 is 1.21 bits per heavy atom. The topological polar surface area (TPSA) is 93.8 Å². The summed E-state index contributed by atoms with van der Waals surface area (Å²) in [5.74, 6) is 0.137. The number of hydrogen-bond donors (Lipinski definition) is 2. The summed E-state index contributed by atoms with van der Waals surface area (Å²) >= 11 is 11.2. The molecule has 0 atom stereocenters. The monoisotopic (exact) mass is 491 g/mol. The Morgan fingerprint density at radius 3 is 2.33 bits per heavy atom. The normalized spacial score (nSPS) is 11.4. The van der Waals surface area contributed by atoms with Crippen LogP contribution in [0.5, 0.6) is 5.75 Å². The largest absolute Gasteiger partial charge is 0.377 e. The van der Waals surface area contributed by atoms with Crippen LogP contribution in [-0.4, -0.2) is 19.7 Å². The molecule has 0 amide bonds. The van der Waals surface area contributed by atoms with E-state index in [9.17, 15) is 8.42 Å². The van der Waals surface area contributed by atoms with Gasteiger partial charge in [0.25, 0.3) is 0 Å². The van der Waals surface area contributed by atoms with E-state index in [2.05, 4.69) is 54.6 Å². The Balaban J connectivity index is 2.29. The van der Waals surface area contributed by atoms with Gasteiger partial charge in [0, 0.05) is 0 Å². The molecule has 0 aliphatic rings. The van der Waals surface area contributed by atoms with Crippen LogP contribution in [0.15, 0.2) is 61.4 Å². The van der Waals surface area contributed by atoms with Crippen molar-refractivity contribution in [2.75, 3.05) is 0 Å². The lowest BCUT2D eigenvalue weighted by Gasteiger charge is -2.11. The Kier molecular flexibility index (Phi) is 6.33. The summed E-state index contributed by atoms with van der Waals surface area (Å²) in [6.07, 6.45) is 1.48. The summed E-state index contributed by atoms with van der Waals surface area (Å²) in [7, 11) is -3.94. The van der Waals surface area contributed by atoms with Gasteiger partial charge in [-0.05, 0) is 73.9 Å². The predicted molar refractivity (Wildman–Crippen MR) is 104 cm³/mol. The minimum atomic E-state index is -3.94. The van der Waals surface area contributed by atoms with Crippen LogP contribution in [-0.2, 0) is 10.1 Å². The highest BCUT2D eigenvalue weighted by Gasteiger charge is 2.20. The molecule has 126 valence electrons. The van der Waals surface area contributed by atoms with Gasteiger partial charge in [0.1, 0.15) is 4.90 Å². The molecule has 0 aliphatic heterocycles. The van der Waals surface area contributed by atoms with Gasteiger partial charge in [0.2, 0.25) is 0 Å². The zero-order valence-electron chi connectivity index (χ0n) is 11.9. The van der Waals surface area contributed by atoms with E-state index in [1.807, 2.05) is 0 Å². The van der Waals surface area contributed by atoms with Crippen LogP contribution >= 0.6 is 44.1 Å². The number of nitrogens with one attached hydrogen (secondary N) is 1. The van der Waals surface area contributed by atoms with Crippen molar-refractivity contribution in [2.45, 2.75) is 4.90 Å². The van der Waals surface area contributed by atoms with Gasteiger partial charge in [-0.3, -0.25) is 5.43 Å². The van der Waals surface area contributed by atoms with E-state index in [0.717, 1.165) is 0 Å². The van der Waals surface area contributed by atoms with Crippen LogP contribution in [0.1, 0.15) is 5.56 Å². The molecule has 2 aromatic rings. The molecule has 0 saturated heterocycles. The second kappa shape index (κ2) is 8.06. The fourth-order valence-electron chi connectivity index (χ4n) is 1.65. The van der Waals surface area contributed by atoms with E-state index in [4.69, 9.17) is 9.92 Å². The average molecular weight is 493 g/mol. The van der Waals surface area contributed by atoms with Gasteiger partial charge < -0.3 is 9.92 Å². The van der Waals surface area contributed by atoms with E-state index in [1.165, 1.54) is 18.3 Å². The Bertz CT molecular complexity index is 864. The van der Waals surface area contributed by atoms with Crippen molar-refractivity contribution in [3.05, 3.63) is 57.0 Å². The minimum Gasteiger partial charge on any atom is -0.377 e. The molecular weight excluding hydrogens is 482 g/mol. The van der Waals surface area contributed by atoms with Gasteiger partial charge >= 0.3 is 10.1 Å². The number of nitrogens with zero attached hydrogens (tertiary/aromatic N) is 1. The van der Waals surface area contributed by atoms with Crippen LogP contribution < -0.4 is 15.3 Å². The van der Waals surface area contributed by atoms with Crippen molar-refractivity contribution in [1.82, 2.24) is 5.43 Å². The molecule has 0 aromatic heterocycles. The highest BCUT2D eigenvalue weighted by Crippen LogP contribution is 2.36. The Hall–Kier alpha value is -1.49. The van der Waals surface area contributed by atoms with Crippen molar-refractivity contribution in [3.8, 4) is 5.75 Å². The molecule has 0 unspecified atom stereocenters. The number of hydrogen-bond acceptors (Lipinski definition) is 5. The minimum absolute atomic E-state index is 0.0401. The number of halogens is 2. The molecule has 0 saturated carbocycles. The number of nitrogens with two attached hydrogens (primary N) is 1. The van der Waals surface area contributed by atoms with Gasteiger partial charge in [0.05, 0.1) is 15.2 Å². The lowest BCUT2D eigenvalue weighted by atomic mass is 10.2. The average Bonchev–Trinajstić information content (AvgIpc) is 2.51. The first-order valence-corrected chi connectivity index (χ1v) is 9.77. The first-order chi connectivity index (χ1) is 11.3. The third kappa shape index (κ3) is 5.00. The lowest BCUT2D eigenvalue weighted by Crippen LogP contribution is -2.23. The van der Waals surface area contributed by atoms with Crippen LogP contribution in [0.3, 0.4) is 0 Å². The molecule has 6 nitrogen and oxygen atoms in total. The van der Waals surface area contributed by atoms with E-state index in [0.29, 0.717) is 14.5 Å². The third-order valence-corrected chi connectivity index (χ3v) is 5.14. The van der Waals surface area contributed by atoms with E-state index < -0.39 is 10.1 Å². The summed E-state index contributed by atoms with van der Waals surface area (Å²) in [4.78, 5) is 0.0649. The van der Waals surface area contributed by atoms with Crippen LogP contribution in [0.4, 0.5) is 0 Å². The molecule has 0 bridgehead atoms. The lowest BCUT2D eigenvalue weighted by molar-refractivity contribution is 0.483. The summed E-state index contributed by atoms with van der Waals surface area (Å²) in [6, 6.07) is 11.2.